The molecule has 1 N–H and O–H groups in total. The summed E-state index contributed by atoms with van der Waals surface area (Å²) < 4.78 is 2.02. The van der Waals surface area contributed by atoms with Gasteiger partial charge < -0.3 is 5.32 Å². The van der Waals surface area contributed by atoms with Crippen LogP contribution in [0.2, 0.25) is 0 Å². The maximum Gasteiger partial charge on any atom is 0.250 e. The minimum atomic E-state index is -1.04. The number of hydrogen-bond donors (Lipinski definition) is 1. The summed E-state index contributed by atoms with van der Waals surface area (Å²) >= 11 is 8.98. The Balaban J connectivity index is 1.50. The molecule has 7 rings (SSSR count). The summed E-state index contributed by atoms with van der Waals surface area (Å²) in [6.07, 6.45) is 4.33. The summed E-state index contributed by atoms with van der Waals surface area (Å²) in [6.45, 7) is 0. The van der Waals surface area contributed by atoms with Gasteiger partial charge in [0, 0.05) is 43.8 Å². The molecule has 3 aromatic rings. The van der Waals surface area contributed by atoms with Gasteiger partial charge in [-0.25, -0.2) is 0 Å². The van der Waals surface area contributed by atoms with E-state index in [1.165, 1.54) is 0 Å². The highest BCUT2D eigenvalue weighted by molar-refractivity contribution is 9.10. The van der Waals surface area contributed by atoms with E-state index < -0.39 is 11.0 Å². The number of carbonyl (C=O) groups excluding carboxylic acids is 2. The third-order valence-corrected chi connectivity index (χ3v) is 11.1. The molecule has 3 aliphatic heterocycles. The van der Waals surface area contributed by atoms with Crippen LogP contribution in [-0.4, -0.2) is 34.3 Å². The van der Waals surface area contributed by atoms with Gasteiger partial charge in [-0.2, -0.15) is 0 Å². The van der Waals surface area contributed by atoms with E-state index in [1.54, 1.807) is 0 Å². The summed E-state index contributed by atoms with van der Waals surface area (Å²) in [5, 5.41) is 3.21. The number of para-hydroxylation sites is 1. The summed E-state index contributed by atoms with van der Waals surface area (Å²) in [4.78, 5) is 31.9. The van der Waals surface area contributed by atoms with Gasteiger partial charge in [-0.15, -0.1) is 11.8 Å². The summed E-state index contributed by atoms with van der Waals surface area (Å²) in [5.74, 6) is 1.62. The van der Waals surface area contributed by atoms with E-state index in [0.717, 1.165) is 61.4 Å². The zero-order valence-electron chi connectivity index (χ0n) is 20.6. The van der Waals surface area contributed by atoms with Gasteiger partial charge in [-0.05, 0) is 72.4 Å². The van der Waals surface area contributed by atoms with Crippen LogP contribution in [0.25, 0.3) is 6.08 Å². The molecule has 0 aromatic heterocycles. The average molecular weight is 650 g/mol. The third kappa shape index (κ3) is 3.31. The van der Waals surface area contributed by atoms with Crippen molar-refractivity contribution < 1.29 is 9.59 Å². The van der Waals surface area contributed by atoms with E-state index in [4.69, 9.17) is 0 Å². The molecule has 3 fully saturated rings. The van der Waals surface area contributed by atoms with E-state index in [9.17, 15) is 4.79 Å². The SMILES string of the molecule is O=C1Nc2ccccc2[C@]12N1CSC[C@H]1[C@H](c1ccc(Br)cc1)[C@]21CCC/C(=C\c2ccc(Br)cc2)C1=O. The molecule has 7 heteroatoms. The lowest BCUT2D eigenvalue weighted by atomic mass is 9.53. The first kappa shape index (κ1) is 24.8. The summed E-state index contributed by atoms with van der Waals surface area (Å²) in [5.41, 5.74) is 2.82. The van der Waals surface area contributed by atoms with Crippen LogP contribution in [0.5, 0.6) is 0 Å². The maximum absolute atomic E-state index is 15.1. The third-order valence-electron chi connectivity index (χ3n) is 8.96. The number of carbonyl (C=O) groups is 2. The van der Waals surface area contributed by atoms with Crippen molar-refractivity contribution in [2.75, 3.05) is 16.9 Å². The molecule has 2 saturated heterocycles. The molecule has 3 aromatic carbocycles. The minimum Gasteiger partial charge on any atom is -0.324 e. The first-order valence-electron chi connectivity index (χ1n) is 13.0. The standard InChI is InChI=1S/C31H26Br2N2O2S/c32-22-11-7-19(8-12-22)16-21-4-3-15-30(28(21)36)27(20-9-13-23(33)14-10-20)26-17-38-18-35(26)31(30)24-5-1-2-6-25(24)34-29(31)37/h1-2,5-14,16,26-27H,3-4,15,17-18H2,(H,34,37)/b21-16+/t26-,27-,30-,31-/m0/s1. The number of amides is 1. The molecular weight excluding hydrogens is 624 g/mol. The van der Waals surface area contributed by atoms with Gasteiger partial charge in [0.2, 0.25) is 0 Å². The highest BCUT2D eigenvalue weighted by atomic mass is 79.9. The van der Waals surface area contributed by atoms with Crippen molar-refractivity contribution in [3.05, 3.63) is 104 Å². The molecule has 4 nitrogen and oxygen atoms in total. The van der Waals surface area contributed by atoms with Crippen LogP contribution < -0.4 is 5.32 Å². The fourth-order valence-electron chi connectivity index (χ4n) is 7.65. The van der Waals surface area contributed by atoms with E-state index >= 15 is 4.79 Å². The van der Waals surface area contributed by atoms with E-state index in [0.29, 0.717) is 6.42 Å². The number of hydrogen-bond acceptors (Lipinski definition) is 4. The number of anilines is 1. The Hall–Kier alpha value is -2.19. The fraction of sp³-hybridized carbons (Fsp3) is 0.290. The molecule has 38 heavy (non-hydrogen) atoms. The van der Waals surface area contributed by atoms with Gasteiger partial charge in [-0.1, -0.05) is 74.3 Å². The molecule has 0 bridgehead atoms. The molecule has 0 unspecified atom stereocenters. The lowest BCUT2D eigenvalue weighted by Gasteiger charge is -2.49. The zero-order chi connectivity index (χ0) is 26.1. The largest absolute Gasteiger partial charge is 0.324 e. The Kier molecular flexibility index (Phi) is 6.00. The van der Waals surface area contributed by atoms with Gasteiger partial charge in [0.1, 0.15) is 5.54 Å². The van der Waals surface area contributed by atoms with E-state index in [-0.39, 0.29) is 23.7 Å². The zero-order valence-corrected chi connectivity index (χ0v) is 24.6. The van der Waals surface area contributed by atoms with Gasteiger partial charge in [-0.3, -0.25) is 14.5 Å². The monoisotopic (exact) mass is 648 g/mol. The molecule has 4 atom stereocenters. The molecule has 3 heterocycles. The summed E-state index contributed by atoms with van der Waals surface area (Å²) in [7, 11) is 0. The predicted octanol–water partition coefficient (Wildman–Crippen LogP) is 7.35. The van der Waals surface area contributed by atoms with Crippen molar-refractivity contribution in [3.63, 3.8) is 0 Å². The quantitative estimate of drug-likeness (QED) is 0.295. The van der Waals surface area contributed by atoms with Gasteiger partial charge in [0.15, 0.2) is 5.78 Å². The van der Waals surface area contributed by atoms with Crippen LogP contribution in [0.15, 0.2) is 87.3 Å². The molecule has 2 spiro atoms. The maximum atomic E-state index is 15.1. The Labute approximate surface area is 243 Å². The number of halogens is 2. The second-order valence-corrected chi connectivity index (χ2v) is 13.5. The predicted molar refractivity (Wildman–Crippen MR) is 160 cm³/mol. The van der Waals surface area contributed by atoms with Crippen LogP contribution in [0.1, 0.15) is 41.9 Å². The molecule has 4 aliphatic rings. The Morgan fingerprint density at radius 1 is 0.947 bits per heavy atom. The number of rotatable bonds is 2. The lowest BCUT2D eigenvalue weighted by Crippen LogP contribution is -2.60. The van der Waals surface area contributed by atoms with Crippen LogP contribution in [0, 0.1) is 5.41 Å². The average Bonchev–Trinajstić information content (AvgIpc) is 3.57. The van der Waals surface area contributed by atoms with Crippen LogP contribution in [-0.2, 0) is 15.1 Å². The van der Waals surface area contributed by atoms with E-state index in [1.807, 2.05) is 54.2 Å². The van der Waals surface area contributed by atoms with Gasteiger partial charge >= 0.3 is 0 Å². The molecule has 1 saturated carbocycles. The smallest absolute Gasteiger partial charge is 0.250 e. The van der Waals surface area contributed by atoms with Crippen molar-refractivity contribution in [2.24, 2.45) is 5.41 Å². The van der Waals surface area contributed by atoms with Crippen molar-refractivity contribution in [3.8, 4) is 0 Å². The topological polar surface area (TPSA) is 49.4 Å². The van der Waals surface area contributed by atoms with Crippen LogP contribution in [0.4, 0.5) is 5.69 Å². The Morgan fingerprint density at radius 2 is 1.66 bits per heavy atom. The second-order valence-electron chi connectivity index (χ2n) is 10.7. The second kappa shape index (κ2) is 9.19. The number of ketones is 1. The van der Waals surface area contributed by atoms with E-state index in [2.05, 4.69) is 78.5 Å². The first-order chi connectivity index (χ1) is 18.5. The number of nitrogens with one attached hydrogen (secondary N) is 1. The van der Waals surface area contributed by atoms with Crippen molar-refractivity contribution in [1.29, 1.82) is 0 Å². The number of benzene rings is 3. The number of thioether (sulfide) groups is 1. The molecule has 192 valence electrons. The van der Waals surface area contributed by atoms with Crippen molar-refractivity contribution in [2.45, 2.75) is 36.8 Å². The van der Waals surface area contributed by atoms with Crippen molar-refractivity contribution >= 4 is 67.1 Å². The molecule has 0 radical (unpaired) electrons. The Bertz CT molecular complexity index is 1490. The van der Waals surface area contributed by atoms with Gasteiger partial charge in [0.25, 0.3) is 5.91 Å². The normalized spacial score (nSPS) is 31.3. The number of nitrogens with zero attached hydrogens (tertiary/aromatic N) is 1. The highest BCUT2D eigenvalue weighted by Crippen LogP contribution is 2.70. The summed E-state index contributed by atoms with van der Waals surface area (Å²) in [6, 6.07) is 24.6. The lowest BCUT2D eigenvalue weighted by molar-refractivity contribution is -0.145. The van der Waals surface area contributed by atoms with Crippen LogP contribution in [0.3, 0.4) is 0 Å². The number of Topliss-reactive ketones (excluding diaryl/α,β-unsaturated/α-hetero) is 1. The molecule has 1 amide bonds. The highest BCUT2D eigenvalue weighted by Gasteiger charge is 2.77. The number of allylic oxidation sites excluding steroid dienone is 1. The molecular formula is C31H26Br2N2O2S. The number of fused-ring (bicyclic) bond motifs is 5. The molecule has 1 aliphatic carbocycles. The van der Waals surface area contributed by atoms with Gasteiger partial charge in [0.05, 0.1) is 5.41 Å². The van der Waals surface area contributed by atoms with Crippen LogP contribution >= 0.6 is 43.6 Å². The fourth-order valence-corrected chi connectivity index (χ4v) is 9.48. The first-order valence-corrected chi connectivity index (χ1v) is 15.7. The van der Waals surface area contributed by atoms with Crippen molar-refractivity contribution in [1.82, 2.24) is 4.90 Å². The Morgan fingerprint density at radius 3 is 2.42 bits per heavy atom. The minimum absolute atomic E-state index is 0.0518.